The normalized spacial score (nSPS) is 12.0. The van der Waals surface area contributed by atoms with E-state index >= 15 is 0 Å². The van der Waals surface area contributed by atoms with Gasteiger partial charge in [0, 0.05) is 10.1 Å². The topological polar surface area (TPSA) is 38.3 Å². The first-order valence-corrected chi connectivity index (χ1v) is 9.13. The molecular formula is C20H25NO2S. The van der Waals surface area contributed by atoms with Crippen LogP contribution < -0.4 is 10.1 Å². The lowest BCUT2D eigenvalue weighted by molar-refractivity contribution is 0.0932. The molecule has 1 atom stereocenters. The minimum Gasteiger partial charge on any atom is -0.497 e. The van der Waals surface area contributed by atoms with Crippen molar-refractivity contribution in [1.82, 2.24) is 5.32 Å². The van der Waals surface area contributed by atoms with Crippen LogP contribution in [0, 0.1) is 0 Å². The number of ether oxygens (including phenoxy) is 1. The summed E-state index contributed by atoms with van der Waals surface area (Å²) in [5.41, 5.74) is 1.82. The van der Waals surface area contributed by atoms with Gasteiger partial charge in [0.05, 0.1) is 18.7 Å². The average Bonchev–Trinajstić information content (AvgIpc) is 2.59. The summed E-state index contributed by atoms with van der Waals surface area (Å²) in [5, 5.41) is 3.59. The molecule has 0 fully saturated rings. The van der Waals surface area contributed by atoms with E-state index in [1.165, 1.54) is 0 Å². The van der Waals surface area contributed by atoms with Gasteiger partial charge in [-0.15, -0.1) is 11.8 Å². The van der Waals surface area contributed by atoms with E-state index in [-0.39, 0.29) is 11.9 Å². The zero-order valence-corrected chi connectivity index (χ0v) is 15.5. The van der Waals surface area contributed by atoms with Crippen molar-refractivity contribution in [2.75, 3.05) is 7.11 Å². The number of carbonyl (C=O) groups excluding carboxylic acids is 1. The van der Waals surface area contributed by atoms with Gasteiger partial charge in [-0.1, -0.05) is 45.0 Å². The van der Waals surface area contributed by atoms with Crippen LogP contribution >= 0.6 is 11.8 Å². The third kappa shape index (κ3) is 4.78. The quantitative estimate of drug-likeness (QED) is 0.713. The van der Waals surface area contributed by atoms with E-state index in [1.807, 2.05) is 48.5 Å². The molecular weight excluding hydrogens is 318 g/mol. The number of hydrogen-bond acceptors (Lipinski definition) is 3. The summed E-state index contributed by atoms with van der Waals surface area (Å²) in [6, 6.07) is 15.6. The van der Waals surface area contributed by atoms with Crippen molar-refractivity contribution in [3.05, 3.63) is 59.7 Å². The first-order chi connectivity index (χ1) is 11.5. The molecule has 0 radical (unpaired) electrons. The van der Waals surface area contributed by atoms with Gasteiger partial charge in [0.25, 0.3) is 5.91 Å². The summed E-state index contributed by atoms with van der Waals surface area (Å²) in [6.07, 6.45) is 0.831. The summed E-state index contributed by atoms with van der Waals surface area (Å²) in [7, 11) is 1.65. The van der Waals surface area contributed by atoms with Gasteiger partial charge in [-0.3, -0.25) is 4.79 Å². The van der Waals surface area contributed by atoms with Crippen LogP contribution in [-0.2, 0) is 0 Å². The number of amides is 1. The Labute approximate surface area is 148 Å². The van der Waals surface area contributed by atoms with Gasteiger partial charge in [0.2, 0.25) is 0 Å². The van der Waals surface area contributed by atoms with Crippen LogP contribution in [0.15, 0.2) is 53.4 Å². The minimum atomic E-state index is -0.0265. The molecule has 0 heterocycles. The van der Waals surface area contributed by atoms with E-state index in [1.54, 1.807) is 18.9 Å². The van der Waals surface area contributed by atoms with Gasteiger partial charge in [-0.05, 0) is 36.2 Å². The maximum Gasteiger partial charge on any atom is 0.252 e. The molecule has 0 aromatic heterocycles. The highest BCUT2D eigenvalue weighted by molar-refractivity contribution is 8.00. The predicted molar refractivity (Wildman–Crippen MR) is 101 cm³/mol. The van der Waals surface area contributed by atoms with Crippen LogP contribution in [0.25, 0.3) is 0 Å². The van der Waals surface area contributed by atoms with Crippen molar-refractivity contribution in [2.45, 2.75) is 43.4 Å². The van der Waals surface area contributed by atoms with Crippen molar-refractivity contribution in [3.8, 4) is 5.75 Å². The van der Waals surface area contributed by atoms with Gasteiger partial charge in [0.15, 0.2) is 0 Å². The monoisotopic (exact) mass is 343 g/mol. The molecule has 0 aliphatic carbocycles. The molecule has 0 bridgehead atoms. The highest BCUT2D eigenvalue weighted by atomic mass is 32.2. The number of benzene rings is 2. The highest BCUT2D eigenvalue weighted by Crippen LogP contribution is 2.27. The molecule has 0 aliphatic heterocycles. The van der Waals surface area contributed by atoms with Gasteiger partial charge < -0.3 is 10.1 Å². The first kappa shape index (κ1) is 18.4. The molecule has 1 amide bonds. The summed E-state index contributed by atoms with van der Waals surface area (Å²) < 4.78 is 5.20. The lowest BCUT2D eigenvalue weighted by atomic mass is 10.0. The fourth-order valence-corrected chi connectivity index (χ4v) is 3.46. The van der Waals surface area contributed by atoms with Crippen molar-refractivity contribution < 1.29 is 9.53 Å². The summed E-state index contributed by atoms with van der Waals surface area (Å²) in [5.74, 6) is 0.792. The third-order valence-electron chi connectivity index (χ3n) is 3.73. The maximum absolute atomic E-state index is 12.8. The Balaban J connectivity index is 2.17. The second-order valence-electron chi connectivity index (χ2n) is 5.87. The van der Waals surface area contributed by atoms with E-state index in [9.17, 15) is 4.79 Å². The van der Waals surface area contributed by atoms with Gasteiger partial charge >= 0.3 is 0 Å². The zero-order valence-electron chi connectivity index (χ0n) is 14.7. The van der Waals surface area contributed by atoms with Gasteiger partial charge in [0.1, 0.15) is 5.75 Å². The molecule has 0 unspecified atom stereocenters. The van der Waals surface area contributed by atoms with Crippen molar-refractivity contribution >= 4 is 17.7 Å². The smallest absolute Gasteiger partial charge is 0.252 e. The molecule has 0 spiro atoms. The summed E-state index contributed by atoms with van der Waals surface area (Å²) >= 11 is 1.71. The second kappa shape index (κ2) is 8.78. The summed E-state index contributed by atoms with van der Waals surface area (Å²) in [6.45, 7) is 6.33. The maximum atomic E-state index is 12.8. The van der Waals surface area contributed by atoms with Crippen LogP contribution in [-0.4, -0.2) is 18.3 Å². The highest BCUT2D eigenvalue weighted by Gasteiger charge is 2.17. The summed E-state index contributed by atoms with van der Waals surface area (Å²) in [4.78, 5) is 13.8. The number of methoxy groups -OCH3 is 1. The molecule has 4 heteroatoms. The molecule has 0 saturated carbocycles. The molecule has 0 saturated heterocycles. The van der Waals surface area contributed by atoms with E-state index < -0.39 is 0 Å². The van der Waals surface area contributed by atoms with Crippen molar-refractivity contribution in [2.24, 2.45) is 0 Å². The molecule has 24 heavy (non-hydrogen) atoms. The predicted octanol–water partition coefficient (Wildman–Crippen LogP) is 5.08. The number of nitrogens with one attached hydrogen (secondary N) is 1. The number of thioether (sulfide) groups is 1. The number of rotatable bonds is 7. The Morgan fingerprint density at radius 1 is 1.12 bits per heavy atom. The Bertz CT molecular complexity index is 668. The zero-order chi connectivity index (χ0) is 17.5. The van der Waals surface area contributed by atoms with Crippen LogP contribution in [0.4, 0.5) is 0 Å². The Hall–Kier alpha value is -1.94. The lowest BCUT2D eigenvalue weighted by Gasteiger charge is -2.19. The fraction of sp³-hybridized carbons (Fsp3) is 0.350. The SMILES string of the molecule is CC[C@H](NC(=O)c1ccccc1SC(C)C)c1ccc(OC)cc1. The van der Waals surface area contributed by atoms with Crippen molar-refractivity contribution in [1.29, 1.82) is 0 Å². The van der Waals surface area contributed by atoms with E-state index in [0.717, 1.165) is 28.2 Å². The average molecular weight is 343 g/mol. The Morgan fingerprint density at radius 2 is 1.79 bits per heavy atom. The van der Waals surface area contributed by atoms with Crippen LogP contribution in [0.1, 0.15) is 49.2 Å². The molecule has 128 valence electrons. The van der Waals surface area contributed by atoms with E-state index in [0.29, 0.717) is 5.25 Å². The number of carbonyl (C=O) groups is 1. The minimum absolute atomic E-state index is 0.0134. The van der Waals surface area contributed by atoms with E-state index in [2.05, 4.69) is 26.1 Å². The second-order valence-corrected chi connectivity index (χ2v) is 7.49. The fourth-order valence-electron chi connectivity index (χ4n) is 2.50. The van der Waals surface area contributed by atoms with Crippen LogP contribution in [0.3, 0.4) is 0 Å². The molecule has 3 nitrogen and oxygen atoms in total. The van der Waals surface area contributed by atoms with Crippen LogP contribution in [0.2, 0.25) is 0 Å². The Kier molecular flexibility index (Phi) is 6.73. The third-order valence-corrected chi connectivity index (χ3v) is 4.81. The Morgan fingerprint density at radius 3 is 2.38 bits per heavy atom. The molecule has 1 N–H and O–H groups in total. The number of hydrogen-bond donors (Lipinski definition) is 1. The lowest BCUT2D eigenvalue weighted by Crippen LogP contribution is -2.28. The first-order valence-electron chi connectivity index (χ1n) is 8.25. The largest absolute Gasteiger partial charge is 0.497 e. The molecule has 2 aromatic rings. The van der Waals surface area contributed by atoms with Crippen LogP contribution in [0.5, 0.6) is 5.75 Å². The standard InChI is InChI=1S/C20H25NO2S/c1-5-18(15-10-12-16(23-4)13-11-15)21-20(22)17-8-6-7-9-19(17)24-14(2)3/h6-14,18H,5H2,1-4H3,(H,21,22)/t18-/m0/s1. The van der Waals surface area contributed by atoms with E-state index in [4.69, 9.17) is 4.74 Å². The van der Waals surface area contributed by atoms with Gasteiger partial charge in [-0.25, -0.2) is 0 Å². The van der Waals surface area contributed by atoms with Crippen molar-refractivity contribution in [3.63, 3.8) is 0 Å². The van der Waals surface area contributed by atoms with Gasteiger partial charge in [-0.2, -0.15) is 0 Å². The molecule has 2 rings (SSSR count). The molecule has 2 aromatic carbocycles. The molecule has 0 aliphatic rings.